The molecular formula is C29H33F3O3. The highest BCUT2D eigenvalue weighted by atomic mass is 19.2. The third-order valence-corrected chi connectivity index (χ3v) is 7.61. The van der Waals surface area contributed by atoms with E-state index in [1.165, 1.54) is 12.1 Å². The van der Waals surface area contributed by atoms with Crippen LogP contribution in [-0.4, -0.2) is 12.6 Å². The molecule has 6 heteroatoms. The molecule has 0 bridgehead atoms. The Bertz CT molecular complexity index is 1050. The number of halogens is 3. The van der Waals surface area contributed by atoms with Gasteiger partial charge in [-0.2, -0.15) is 0 Å². The fraction of sp³-hybridized carbons (Fsp3) is 0.483. The maximum absolute atomic E-state index is 15.1. The number of rotatable bonds is 7. The number of esters is 1. The third-order valence-electron chi connectivity index (χ3n) is 7.61. The van der Waals surface area contributed by atoms with Gasteiger partial charge in [-0.3, -0.25) is 4.79 Å². The molecule has 0 spiro atoms. The van der Waals surface area contributed by atoms with Crippen molar-refractivity contribution < 1.29 is 27.4 Å². The highest BCUT2D eigenvalue weighted by Crippen LogP contribution is 2.42. The van der Waals surface area contributed by atoms with E-state index in [4.69, 9.17) is 9.47 Å². The van der Waals surface area contributed by atoms with E-state index >= 15 is 8.78 Å². The molecule has 0 amide bonds. The van der Waals surface area contributed by atoms with Gasteiger partial charge in [-0.1, -0.05) is 18.2 Å². The quantitative estimate of drug-likeness (QED) is 0.227. The largest absolute Gasteiger partial charge is 0.494 e. The van der Waals surface area contributed by atoms with Gasteiger partial charge in [0.1, 0.15) is 5.75 Å². The van der Waals surface area contributed by atoms with E-state index in [0.717, 1.165) is 25.7 Å². The van der Waals surface area contributed by atoms with Crippen molar-refractivity contribution in [1.29, 1.82) is 0 Å². The van der Waals surface area contributed by atoms with Crippen molar-refractivity contribution in [2.24, 2.45) is 11.8 Å². The first-order valence-corrected chi connectivity index (χ1v) is 12.7. The first kappa shape index (κ1) is 25.3. The Morgan fingerprint density at radius 2 is 1.49 bits per heavy atom. The van der Waals surface area contributed by atoms with Gasteiger partial charge in [0.2, 0.25) is 0 Å². The molecule has 2 fully saturated rings. The summed E-state index contributed by atoms with van der Waals surface area (Å²) in [5, 5.41) is 0. The Morgan fingerprint density at radius 3 is 2.00 bits per heavy atom. The molecule has 188 valence electrons. The van der Waals surface area contributed by atoms with E-state index in [9.17, 15) is 9.18 Å². The van der Waals surface area contributed by atoms with Crippen molar-refractivity contribution >= 4 is 5.97 Å². The van der Waals surface area contributed by atoms with Crippen LogP contribution >= 0.6 is 0 Å². The van der Waals surface area contributed by atoms with Crippen LogP contribution in [0.1, 0.15) is 81.3 Å². The zero-order valence-electron chi connectivity index (χ0n) is 20.2. The summed E-state index contributed by atoms with van der Waals surface area (Å²) in [6, 6.07) is 7.61. The molecule has 0 N–H and O–H groups in total. The van der Waals surface area contributed by atoms with E-state index in [-0.39, 0.29) is 17.6 Å². The van der Waals surface area contributed by atoms with Crippen molar-refractivity contribution in [3.63, 3.8) is 0 Å². The summed E-state index contributed by atoms with van der Waals surface area (Å²) >= 11 is 0. The second-order valence-corrected chi connectivity index (χ2v) is 9.71. The molecule has 0 saturated heterocycles. The monoisotopic (exact) mass is 486 g/mol. The van der Waals surface area contributed by atoms with Gasteiger partial charge in [0.15, 0.2) is 23.2 Å². The normalized spacial score (nSPS) is 24.6. The number of carbonyl (C=O) groups is 1. The van der Waals surface area contributed by atoms with Crippen LogP contribution in [0.3, 0.4) is 0 Å². The number of ether oxygens (including phenoxy) is 2. The first-order valence-electron chi connectivity index (χ1n) is 12.7. The molecule has 2 aliphatic carbocycles. The highest BCUT2D eigenvalue weighted by Gasteiger charge is 2.32. The number of hydrogen-bond donors (Lipinski definition) is 0. The third kappa shape index (κ3) is 5.74. The summed E-state index contributed by atoms with van der Waals surface area (Å²) in [7, 11) is 0. The summed E-state index contributed by atoms with van der Waals surface area (Å²) in [5.41, 5.74) is 0.860. The lowest BCUT2D eigenvalue weighted by molar-refractivity contribution is -0.140. The smallest absolute Gasteiger partial charge is 0.314 e. The molecule has 2 aliphatic rings. The molecule has 0 aliphatic heterocycles. The molecule has 2 aromatic carbocycles. The van der Waals surface area contributed by atoms with Gasteiger partial charge in [-0.25, -0.2) is 13.2 Å². The zero-order chi connectivity index (χ0) is 24.9. The Kier molecular flexibility index (Phi) is 8.19. The number of benzene rings is 2. The maximum Gasteiger partial charge on any atom is 0.314 e. The van der Waals surface area contributed by atoms with Crippen LogP contribution in [0.25, 0.3) is 0 Å². The van der Waals surface area contributed by atoms with Crippen molar-refractivity contribution in [3.8, 4) is 11.5 Å². The van der Waals surface area contributed by atoms with E-state index in [1.807, 2.05) is 6.08 Å². The van der Waals surface area contributed by atoms with Crippen LogP contribution in [0.4, 0.5) is 13.2 Å². The second kappa shape index (κ2) is 11.3. The molecule has 0 heterocycles. The topological polar surface area (TPSA) is 35.5 Å². The van der Waals surface area contributed by atoms with Crippen LogP contribution in [0, 0.1) is 29.3 Å². The van der Waals surface area contributed by atoms with E-state index in [0.29, 0.717) is 55.1 Å². The molecule has 35 heavy (non-hydrogen) atoms. The summed E-state index contributed by atoms with van der Waals surface area (Å²) < 4.78 is 54.9. The van der Waals surface area contributed by atoms with Crippen LogP contribution in [0.15, 0.2) is 43.0 Å². The van der Waals surface area contributed by atoms with Crippen LogP contribution in [-0.2, 0) is 4.79 Å². The van der Waals surface area contributed by atoms with Crippen LogP contribution in [0.2, 0.25) is 0 Å². The van der Waals surface area contributed by atoms with E-state index < -0.39 is 29.3 Å². The molecule has 0 aromatic heterocycles. The Balaban J connectivity index is 1.35. The second-order valence-electron chi connectivity index (χ2n) is 9.71. The molecule has 0 unspecified atom stereocenters. The van der Waals surface area contributed by atoms with Crippen LogP contribution in [0.5, 0.6) is 11.5 Å². The predicted molar refractivity (Wildman–Crippen MR) is 129 cm³/mol. The van der Waals surface area contributed by atoms with Crippen molar-refractivity contribution in [1.82, 2.24) is 0 Å². The zero-order valence-corrected chi connectivity index (χ0v) is 20.2. The number of allylic oxidation sites excluding steroid dienone is 1. The van der Waals surface area contributed by atoms with Gasteiger partial charge in [0.05, 0.1) is 12.5 Å². The maximum atomic E-state index is 15.1. The SMILES string of the molecule is C=CC1CCC(c2ccc(C3CCC(C(=O)Oc4ccc(OCC)cc4F)CC3)c(F)c2F)CC1. The Morgan fingerprint density at radius 1 is 0.914 bits per heavy atom. The molecule has 0 radical (unpaired) electrons. The molecule has 0 atom stereocenters. The molecule has 4 rings (SSSR count). The first-order chi connectivity index (χ1) is 16.9. The minimum Gasteiger partial charge on any atom is -0.494 e. The lowest BCUT2D eigenvalue weighted by atomic mass is 9.76. The summed E-state index contributed by atoms with van der Waals surface area (Å²) in [5.74, 6) is -2.44. The van der Waals surface area contributed by atoms with Crippen molar-refractivity contribution in [2.45, 2.75) is 70.1 Å². The molecular weight excluding hydrogens is 453 g/mol. The van der Waals surface area contributed by atoms with Crippen molar-refractivity contribution in [2.75, 3.05) is 6.61 Å². The fourth-order valence-corrected chi connectivity index (χ4v) is 5.53. The lowest BCUT2D eigenvalue weighted by Gasteiger charge is -2.30. The standard InChI is InChI=1S/C29H33F3O3/c1-3-18-5-7-19(8-6-18)23-14-15-24(28(32)27(23)31)20-9-11-21(12-10-20)29(33)35-26-16-13-22(34-4-2)17-25(26)30/h3,13-21H,1,4-12H2,2H3. The Labute approximate surface area is 205 Å². The predicted octanol–water partition coefficient (Wildman–Crippen LogP) is 7.84. The average molecular weight is 487 g/mol. The lowest BCUT2D eigenvalue weighted by Crippen LogP contribution is -2.26. The summed E-state index contributed by atoms with van der Waals surface area (Å²) in [6.45, 7) is 6.05. The van der Waals surface area contributed by atoms with Gasteiger partial charge in [0.25, 0.3) is 0 Å². The minimum absolute atomic E-state index is 0.0447. The highest BCUT2D eigenvalue weighted by molar-refractivity contribution is 5.75. The van der Waals surface area contributed by atoms with Gasteiger partial charge >= 0.3 is 5.97 Å². The summed E-state index contributed by atoms with van der Waals surface area (Å²) in [4.78, 5) is 12.6. The fourth-order valence-electron chi connectivity index (χ4n) is 5.53. The van der Waals surface area contributed by atoms with Gasteiger partial charge in [-0.15, -0.1) is 6.58 Å². The molecule has 2 saturated carbocycles. The van der Waals surface area contributed by atoms with Gasteiger partial charge in [0, 0.05) is 6.07 Å². The molecule has 2 aromatic rings. The van der Waals surface area contributed by atoms with E-state index in [2.05, 4.69) is 6.58 Å². The van der Waals surface area contributed by atoms with Gasteiger partial charge < -0.3 is 9.47 Å². The average Bonchev–Trinajstić information content (AvgIpc) is 2.87. The van der Waals surface area contributed by atoms with Crippen molar-refractivity contribution in [3.05, 3.63) is 71.6 Å². The number of hydrogen-bond acceptors (Lipinski definition) is 3. The van der Waals surface area contributed by atoms with Gasteiger partial charge in [-0.05, 0) is 99.3 Å². The van der Waals surface area contributed by atoms with E-state index in [1.54, 1.807) is 25.1 Å². The Hall–Kier alpha value is -2.76. The van der Waals surface area contributed by atoms with Crippen LogP contribution < -0.4 is 9.47 Å². The minimum atomic E-state index is -0.754. The number of carbonyl (C=O) groups excluding carboxylic acids is 1. The summed E-state index contributed by atoms with van der Waals surface area (Å²) in [6.07, 6.45) is 7.61. The molecule has 3 nitrogen and oxygen atoms in total.